The van der Waals surface area contributed by atoms with Crippen molar-refractivity contribution >= 4 is 45.0 Å². The molecule has 0 aliphatic carbocycles. The Morgan fingerprint density at radius 2 is 1.69 bits per heavy atom. The summed E-state index contributed by atoms with van der Waals surface area (Å²) in [4.78, 5) is 7.84. The van der Waals surface area contributed by atoms with Crippen molar-refractivity contribution in [2.75, 3.05) is 0 Å². The first kappa shape index (κ1) is 9.20. The lowest BCUT2D eigenvalue weighted by Crippen LogP contribution is -1.94. The van der Waals surface area contributed by atoms with Gasteiger partial charge < -0.3 is 0 Å². The van der Waals surface area contributed by atoms with E-state index in [1.807, 2.05) is 22.6 Å². The Balaban J connectivity index is 2.91. The van der Waals surface area contributed by atoms with Crippen LogP contribution in [0.25, 0.3) is 11.0 Å². The van der Waals surface area contributed by atoms with E-state index in [0.29, 0.717) is 11.0 Å². The van der Waals surface area contributed by atoms with Gasteiger partial charge in [0.25, 0.3) is 11.9 Å². The number of hydrogen-bond donors (Lipinski definition) is 0. The van der Waals surface area contributed by atoms with Gasteiger partial charge in [-0.05, 0) is 29.5 Å². The summed E-state index contributed by atoms with van der Waals surface area (Å²) in [5.41, 5.74) is 0.898. The maximum Gasteiger partial charge on any atom is 0.269 e. The highest BCUT2D eigenvalue weighted by Gasteiger charge is 2.13. The molecule has 0 aliphatic rings. The first-order valence-corrected chi connectivity index (χ1v) is 5.26. The number of rotatable bonds is 0. The highest BCUT2D eigenvalue weighted by molar-refractivity contribution is 14.1. The zero-order valence-corrected chi connectivity index (χ0v) is 9.41. The third-order valence-electron chi connectivity index (χ3n) is 1.58. The van der Waals surface area contributed by atoms with Gasteiger partial charge in [-0.2, -0.15) is 8.78 Å². The normalized spacial score (nSPS) is 11.1. The smallest absolute Gasteiger partial charge is 0.213 e. The maximum atomic E-state index is 12.7. The van der Waals surface area contributed by atoms with E-state index in [1.165, 1.54) is 11.3 Å². The summed E-state index contributed by atoms with van der Waals surface area (Å²) in [6.45, 7) is 1.81. The minimum atomic E-state index is -1.14. The maximum absolute atomic E-state index is 12.7. The van der Waals surface area contributed by atoms with Crippen LogP contribution in [-0.2, 0) is 0 Å². The first-order valence-electron chi connectivity index (χ1n) is 3.37. The van der Waals surface area contributed by atoms with Crippen LogP contribution < -0.4 is 0 Å². The monoisotopic (exact) mass is 312 g/mol. The van der Waals surface area contributed by atoms with Crippen LogP contribution in [0.15, 0.2) is 0 Å². The highest BCUT2D eigenvalue weighted by Crippen LogP contribution is 2.29. The quantitative estimate of drug-likeness (QED) is 0.699. The SMILES string of the molecule is Cc1sc(I)c2nc(F)c(F)nc12. The van der Waals surface area contributed by atoms with Crippen molar-refractivity contribution in [2.24, 2.45) is 0 Å². The molecule has 0 unspecified atom stereocenters. The summed E-state index contributed by atoms with van der Waals surface area (Å²) >= 11 is 3.46. The Bertz CT molecular complexity index is 441. The van der Waals surface area contributed by atoms with E-state index in [4.69, 9.17) is 0 Å². The predicted molar refractivity (Wildman–Crippen MR) is 54.8 cm³/mol. The molecule has 0 amide bonds. The van der Waals surface area contributed by atoms with E-state index < -0.39 is 11.9 Å². The van der Waals surface area contributed by atoms with Gasteiger partial charge in [-0.1, -0.05) is 0 Å². The lowest BCUT2D eigenvalue weighted by Gasteiger charge is -1.92. The minimum Gasteiger partial charge on any atom is -0.213 e. The van der Waals surface area contributed by atoms with Gasteiger partial charge in [0.15, 0.2) is 0 Å². The van der Waals surface area contributed by atoms with Crippen molar-refractivity contribution in [3.8, 4) is 0 Å². The molecule has 2 aromatic heterocycles. The standard InChI is InChI=1S/C7H3F2IN2S/c1-2-3-4(7(10)13-2)12-6(9)5(8)11-3/h1H3. The zero-order chi connectivity index (χ0) is 9.59. The second-order valence-corrected chi connectivity index (χ2v) is 5.47. The van der Waals surface area contributed by atoms with Crippen LogP contribution in [0.3, 0.4) is 0 Å². The van der Waals surface area contributed by atoms with Gasteiger partial charge in [0.2, 0.25) is 0 Å². The molecule has 2 nitrogen and oxygen atoms in total. The van der Waals surface area contributed by atoms with Gasteiger partial charge in [0.1, 0.15) is 11.0 Å². The van der Waals surface area contributed by atoms with E-state index in [1.54, 1.807) is 6.92 Å². The molecule has 0 spiro atoms. The summed E-state index contributed by atoms with van der Waals surface area (Å²) < 4.78 is 26.2. The van der Waals surface area contributed by atoms with Gasteiger partial charge in [-0.25, -0.2) is 9.97 Å². The van der Waals surface area contributed by atoms with E-state index in [2.05, 4.69) is 9.97 Å². The lowest BCUT2D eigenvalue weighted by molar-refractivity contribution is 0.459. The molecule has 6 heteroatoms. The molecular weight excluding hydrogens is 309 g/mol. The number of aryl methyl sites for hydroxylation is 1. The van der Waals surface area contributed by atoms with Crippen LogP contribution in [0.2, 0.25) is 0 Å². The summed E-state index contributed by atoms with van der Waals surface area (Å²) in [6, 6.07) is 0. The molecule has 2 heterocycles. The Hall–Kier alpha value is -0.370. The molecule has 0 radical (unpaired) electrons. The Kier molecular flexibility index (Phi) is 2.18. The van der Waals surface area contributed by atoms with E-state index in [9.17, 15) is 8.78 Å². The first-order chi connectivity index (χ1) is 6.09. The molecule has 13 heavy (non-hydrogen) atoms. The molecule has 0 saturated carbocycles. The Morgan fingerprint density at radius 3 is 2.31 bits per heavy atom. The minimum absolute atomic E-state index is 0.446. The molecule has 68 valence electrons. The third kappa shape index (κ3) is 1.41. The van der Waals surface area contributed by atoms with Crippen molar-refractivity contribution in [1.82, 2.24) is 9.97 Å². The number of fused-ring (bicyclic) bond motifs is 1. The largest absolute Gasteiger partial charge is 0.269 e. The van der Waals surface area contributed by atoms with Crippen LogP contribution >= 0.6 is 33.9 Å². The van der Waals surface area contributed by atoms with Crippen LogP contribution in [0, 0.1) is 21.7 Å². The fourth-order valence-electron chi connectivity index (χ4n) is 1.01. The zero-order valence-electron chi connectivity index (χ0n) is 6.44. The van der Waals surface area contributed by atoms with Crippen LogP contribution in [0.1, 0.15) is 4.88 Å². The molecule has 0 saturated heterocycles. The van der Waals surface area contributed by atoms with Crippen LogP contribution in [0.5, 0.6) is 0 Å². The van der Waals surface area contributed by atoms with Crippen molar-refractivity contribution in [1.29, 1.82) is 0 Å². The van der Waals surface area contributed by atoms with Crippen LogP contribution in [0.4, 0.5) is 8.78 Å². The fraction of sp³-hybridized carbons (Fsp3) is 0.143. The molecule has 2 rings (SSSR count). The molecule has 0 atom stereocenters. The van der Waals surface area contributed by atoms with E-state index in [-0.39, 0.29) is 0 Å². The molecule has 0 aromatic carbocycles. The van der Waals surface area contributed by atoms with Crippen molar-refractivity contribution < 1.29 is 8.78 Å². The number of halogens is 3. The molecule has 0 fully saturated rings. The van der Waals surface area contributed by atoms with Crippen LogP contribution in [-0.4, -0.2) is 9.97 Å². The summed E-state index contributed by atoms with van der Waals surface area (Å²) in [6.07, 6.45) is 0. The topological polar surface area (TPSA) is 25.8 Å². The van der Waals surface area contributed by atoms with Crippen molar-refractivity contribution in [2.45, 2.75) is 6.92 Å². The van der Waals surface area contributed by atoms with Gasteiger partial charge in [0.05, 0.1) is 2.88 Å². The average Bonchev–Trinajstić information content (AvgIpc) is 2.31. The highest BCUT2D eigenvalue weighted by atomic mass is 127. The number of hydrogen-bond acceptors (Lipinski definition) is 3. The third-order valence-corrected chi connectivity index (χ3v) is 3.62. The fourth-order valence-corrected chi connectivity index (χ4v) is 3.12. The van der Waals surface area contributed by atoms with Gasteiger partial charge in [0, 0.05) is 4.88 Å². The van der Waals surface area contributed by atoms with E-state index >= 15 is 0 Å². The average molecular weight is 312 g/mol. The molecule has 0 bridgehead atoms. The predicted octanol–water partition coefficient (Wildman–Crippen LogP) is 2.88. The number of thiophene rings is 1. The second kappa shape index (κ2) is 3.09. The van der Waals surface area contributed by atoms with Crippen molar-refractivity contribution in [3.05, 3.63) is 19.7 Å². The second-order valence-electron chi connectivity index (χ2n) is 2.43. The lowest BCUT2D eigenvalue weighted by atomic mass is 10.4. The molecule has 0 N–H and O–H groups in total. The summed E-state index contributed by atoms with van der Waals surface area (Å²) in [5.74, 6) is -2.27. The summed E-state index contributed by atoms with van der Waals surface area (Å²) in [5, 5.41) is 0. The van der Waals surface area contributed by atoms with Gasteiger partial charge in [-0.3, -0.25) is 0 Å². The van der Waals surface area contributed by atoms with E-state index in [0.717, 1.165) is 7.76 Å². The number of aromatic nitrogens is 2. The van der Waals surface area contributed by atoms with Crippen molar-refractivity contribution in [3.63, 3.8) is 0 Å². The van der Waals surface area contributed by atoms with Gasteiger partial charge in [-0.15, -0.1) is 11.3 Å². The Labute approximate surface area is 90.2 Å². The van der Waals surface area contributed by atoms with Gasteiger partial charge >= 0.3 is 0 Å². The molecule has 0 aliphatic heterocycles. The Morgan fingerprint density at radius 1 is 1.15 bits per heavy atom. The molecular formula is C7H3F2IN2S. The molecule has 2 aromatic rings. The summed E-state index contributed by atoms with van der Waals surface area (Å²) in [7, 11) is 0. The number of nitrogens with zero attached hydrogens (tertiary/aromatic N) is 2.